The molecule has 0 saturated heterocycles. The number of rotatable bonds is 12. The Kier molecular flexibility index (Phi) is 11.7. The lowest BCUT2D eigenvalue weighted by Crippen LogP contribution is -2.20. The highest BCUT2D eigenvalue weighted by Crippen LogP contribution is 2.10. The molecule has 0 fully saturated rings. The molecule has 0 rings (SSSR count). The number of carbonyl (C=O) groups excluding carboxylic acids is 2. The second-order valence-electron chi connectivity index (χ2n) is 4.88. The summed E-state index contributed by atoms with van der Waals surface area (Å²) in [6.45, 7) is 2.36. The van der Waals surface area contributed by atoms with Crippen LogP contribution in [0.15, 0.2) is 0 Å². The molecule has 4 nitrogen and oxygen atoms in total. The molecule has 0 radical (unpaired) electrons. The Labute approximate surface area is 111 Å². The van der Waals surface area contributed by atoms with Crippen molar-refractivity contribution in [3.8, 4) is 0 Å². The van der Waals surface area contributed by atoms with Crippen LogP contribution >= 0.6 is 0 Å². The molecule has 0 saturated carbocycles. The second kappa shape index (κ2) is 12.4. The monoisotopic (exact) mass is 256 g/mol. The summed E-state index contributed by atoms with van der Waals surface area (Å²) in [5, 5.41) is 2.80. The van der Waals surface area contributed by atoms with Gasteiger partial charge in [0.15, 0.2) is 0 Å². The van der Waals surface area contributed by atoms with Crippen molar-refractivity contribution in [2.75, 3.05) is 6.54 Å². The van der Waals surface area contributed by atoms with Crippen molar-refractivity contribution in [3.63, 3.8) is 0 Å². The maximum absolute atomic E-state index is 10.6. The smallest absolute Gasteiger partial charge is 0.217 e. The maximum Gasteiger partial charge on any atom is 0.217 e. The number of hydrogen-bond acceptors (Lipinski definition) is 2. The molecular weight excluding hydrogens is 228 g/mol. The molecule has 0 bridgehead atoms. The van der Waals surface area contributed by atoms with Gasteiger partial charge in [0.25, 0.3) is 0 Å². The van der Waals surface area contributed by atoms with E-state index < -0.39 is 0 Å². The average molecular weight is 256 g/mol. The van der Waals surface area contributed by atoms with Gasteiger partial charge in [-0.25, -0.2) is 0 Å². The normalized spacial score (nSPS) is 10.3. The SMILES string of the molecule is CC(=O)NCCCCCCCCCCCC(N)=O. The number of carbonyl (C=O) groups is 2. The summed E-state index contributed by atoms with van der Waals surface area (Å²) < 4.78 is 0. The highest BCUT2D eigenvalue weighted by atomic mass is 16.1. The van der Waals surface area contributed by atoms with Crippen molar-refractivity contribution >= 4 is 11.8 Å². The van der Waals surface area contributed by atoms with Crippen LogP contribution in [0.25, 0.3) is 0 Å². The lowest BCUT2D eigenvalue weighted by Gasteiger charge is -2.03. The molecule has 3 N–H and O–H groups in total. The van der Waals surface area contributed by atoms with Gasteiger partial charge in [-0.3, -0.25) is 9.59 Å². The molecule has 0 atom stereocenters. The molecule has 0 aromatic heterocycles. The summed E-state index contributed by atoms with van der Waals surface area (Å²) in [4.78, 5) is 21.1. The number of amides is 2. The Balaban J connectivity index is 2.99. The first-order valence-corrected chi connectivity index (χ1v) is 7.15. The third-order valence-corrected chi connectivity index (χ3v) is 2.97. The summed E-state index contributed by atoms with van der Waals surface area (Å²) in [6, 6.07) is 0. The van der Waals surface area contributed by atoms with E-state index in [9.17, 15) is 9.59 Å². The van der Waals surface area contributed by atoms with Crippen molar-refractivity contribution in [1.29, 1.82) is 0 Å². The van der Waals surface area contributed by atoms with Crippen LogP contribution in [-0.2, 0) is 9.59 Å². The minimum atomic E-state index is -0.186. The van der Waals surface area contributed by atoms with E-state index in [1.54, 1.807) is 6.92 Å². The van der Waals surface area contributed by atoms with Crippen LogP contribution in [0.5, 0.6) is 0 Å². The lowest BCUT2D eigenvalue weighted by molar-refractivity contribution is -0.119. The number of nitrogens with one attached hydrogen (secondary N) is 1. The summed E-state index contributed by atoms with van der Waals surface area (Å²) in [5.74, 6) is -0.125. The van der Waals surface area contributed by atoms with E-state index in [2.05, 4.69) is 5.32 Å². The Morgan fingerprint density at radius 1 is 0.833 bits per heavy atom. The summed E-state index contributed by atoms with van der Waals surface area (Å²) in [7, 11) is 0. The van der Waals surface area contributed by atoms with Crippen molar-refractivity contribution in [2.24, 2.45) is 5.73 Å². The van der Waals surface area contributed by atoms with Gasteiger partial charge in [0.2, 0.25) is 11.8 Å². The number of unbranched alkanes of at least 4 members (excludes halogenated alkanes) is 8. The fourth-order valence-electron chi connectivity index (χ4n) is 1.93. The fourth-order valence-corrected chi connectivity index (χ4v) is 1.93. The van der Waals surface area contributed by atoms with Gasteiger partial charge < -0.3 is 11.1 Å². The highest BCUT2D eigenvalue weighted by Gasteiger charge is 1.95. The van der Waals surface area contributed by atoms with Crippen LogP contribution in [-0.4, -0.2) is 18.4 Å². The largest absolute Gasteiger partial charge is 0.370 e. The molecule has 0 spiro atoms. The molecule has 106 valence electrons. The fraction of sp³-hybridized carbons (Fsp3) is 0.857. The van der Waals surface area contributed by atoms with Crippen LogP contribution in [0.4, 0.5) is 0 Å². The second-order valence-corrected chi connectivity index (χ2v) is 4.88. The Morgan fingerprint density at radius 2 is 1.28 bits per heavy atom. The number of hydrogen-bond donors (Lipinski definition) is 2. The van der Waals surface area contributed by atoms with Crippen LogP contribution in [0.3, 0.4) is 0 Å². The zero-order chi connectivity index (χ0) is 13.6. The third-order valence-electron chi connectivity index (χ3n) is 2.97. The Hall–Kier alpha value is -1.06. The van der Waals surface area contributed by atoms with Crippen molar-refractivity contribution in [1.82, 2.24) is 5.32 Å². The van der Waals surface area contributed by atoms with Gasteiger partial charge in [-0.1, -0.05) is 44.9 Å². The number of nitrogens with two attached hydrogens (primary N) is 1. The van der Waals surface area contributed by atoms with Crippen molar-refractivity contribution in [2.45, 2.75) is 71.1 Å². The molecule has 0 aromatic rings. The summed E-state index contributed by atoms with van der Waals surface area (Å²) in [6.07, 6.45) is 11.1. The molecule has 2 amide bonds. The topological polar surface area (TPSA) is 72.2 Å². The van der Waals surface area contributed by atoms with E-state index >= 15 is 0 Å². The van der Waals surface area contributed by atoms with Gasteiger partial charge in [-0.05, 0) is 12.8 Å². The van der Waals surface area contributed by atoms with Crippen molar-refractivity contribution in [3.05, 3.63) is 0 Å². The van der Waals surface area contributed by atoms with E-state index in [4.69, 9.17) is 5.73 Å². The van der Waals surface area contributed by atoms with Crippen molar-refractivity contribution < 1.29 is 9.59 Å². The molecule has 0 aliphatic heterocycles. The van der Waals surface area contributed by atoms with Gasteiger partial charge in [0.1, 0.15) is 0 Å². The number of primary amides is 1. The van der Waals surface area contributed by atoms with Gasteiger partial charge >= 0.3 is 0 Å². The average Bonchev–Trinajstić information content (AvgIpc) is 2.29. The first kappa shape index (κ1) is 16.9. The highest BCUT2D eigenvalue weighted by molar-refractivity contribution is 5.73. The molecular formula is C14H28N2O2. The molecule has 0 aromatic carbocycles. The standard InChI is InChI=1S/C14H28N2O2/c1-13(17)16-12-10-8-6-4-2-3-5-7-9-11-14(15)18/h2-12H2,1H3,(H2,15,18)(H,16,17). The zero-order valence-electron chi connectivity index (χ0n) is 11.7. The van der Waals surface area contributed by atoms with Crippen LogP contribution in [0, 0.1) is 0 Å². The predicted molar refractivity (Wildman–Crippen MR) is 74.0 cm³/mol. The molecule has 4 heteroatoms. The first-order chi connectivity index (χ1) is 8.63. The molecule has 0 aliphatic rings. The molecule has 0 aliphatic carbocycles. The van der Waals surface area contributed by atoms with Crippen LogP contribution < -0.4 is 11.1 Å². The maximum atomic E-state index is 10.6. The molecule has 18 heavy (non-hydrogen) atoms. The third kappa shape index (κ3) is 14.9. The summed E-state index contributed by atoms with van der Waals surface area (Å²) >= 11 is 0. The van der Waals surface area contributed by atoms with E-state index in [0.717, 1.165) is 25.8 Å². The Morgan fingerprint density at radius 3 is 1.72 bits per heavy atom. The van der Waals surface area contributed by atoms with E-state index in [1.165, 1.54) is 38.5 Å². The van der Waals surface area contributed by atoms with Gasteiger partial charge in [-0.15, -0.1) is 0 Å². The van der Waals surface area contributed by atoms with E-state index in [0.29, 0.717) is 6.42 Å². The predicted octanol–water partition coefficient (Wildman–Crippen LogP) is 2.51. The summed E-state index contributed by atoms with van der Waals surface area (Å²) in [5.41, 5.74) is 5.07. The molecule has 0 unspecified atom stereocenters. The lowest BCUT2D eigenvalue weighted by atomic mass is 10.1. The van der Waals surface area contributed by atoms with Gasteiger partial charge in [-0.2, -0.15) is 0 Å². The van der Waals surface area contributed by atoms with Crippen LogP contribution in [0.2, 0.25) is 0 Å². The van der Waals surface area contributed by atoms with Gasteiger partial charge in [0.05, 0.1) is 0 Å². The molecule has 0 heterocycles. The quantitative estimate of drug-likeness (QED) is 0.527. The van der Waals surface area contributed by atoms with E-state index in [-0.39, 0.29) is 11.8 Å². The zero-order valence-corrected chi connectivity index (χ0v) is 11.7. The minimum absolute atomic E-state index is 0.0611. The van der Waals surface area contributed by atoms with E-state index in [1.807, 2.05) is 0 Å². The van der Waals surface area contributed by atoms with Gasteiger partial charge in [0, 0.05) is 19.9 Å². The Bertz CT molecular complexity index is 206. The minimum Gasteiger partial charge on any atom is -0.370 e. The van der Waals surface area contributed by atoms with Crippen LogP contribution in [0.1, 0.15) is 71.1 Å². The first-order valence-electron chi connectivity index (χ1n) is 7.15.